The summed E-state index contributed by atoms with van der Waals surface area (Å²) >= 11 is 0. The van der Waals surface area contributed by atoms with Gasteiger partial charge in [-0.1, -0.05) is 20.8 Å². The summed E-state index contributed by atoms with van der Waals surface area (Å²) in [7, 11) is 0. The maximum Gasteiger partial charge on any atom is 0.225 e. The van der Waals surface area contributed by atoms with E-state index >= 15 is 0 Å². The molecule has 1 saturated carbocycles. The molecule has 1 amide bonds. The zero-order valence-corrected chi connectivity index (χ0v) is 11.4. The average molecular weight is 238 g/mol. The van der Waals surface area contributed by atoms with Crippen molar-refractivity contribution in [2.24, 2.45) is 29.4 Å². The van der Waals surface area contributed by atoms with Gasteiger partial charge in [-0.25, -0.2) is 0 Å². The van der Waals surface area contributed by atoms with E-state index in [4.69, 9.17) is 5.73 Å². The van der Waals surface area contributed by atoms with Crippen molar-refractivity contribution in [2.75, 3.05) is 13.1 Å². The lowest BCUT2D eigenvalue weighted by Gasteiger charge is -2.33. The Bertz CT molecular complexity index is 282. The lowest BCUT2D eigenvalue weighted by molar-refractivity contribution is -0.136. The van der Waals surface area contributed by atoms with Gasteiger partial charge in [0.1, 0.15) is 0 Å². The van der Waals surface area contributed by atoms with Crippen LogP contribution in [0.15, 0.2) is 0 Å². The van der Waals surface area contributed by atoms with Crippen molar-refractivity contribution in [1.82, 2.24) is 4.90 Å². The molecule has 0 aromatic carbocycles. The molecule has 2 N–H and O–H groups in total. The Morgan fingerprint density at radius 2 is 1.65 bits per heavy atom. The van der Waals surface area contributed by atoms with Crippen molar-refractivity contribution in [3.8, 4) is 0 Å². The summed E-state index contributed by atoms with van der Waals surface area (Å²) in [6, 6.07) is 0.218. The second-order valence-electron chi connectivity index (χ2n) is 6.35. The first-order chi connectivity index (χ1) is 7.99. The molecule has 1 aliphatic heterocycles. The van der Waals surface area contributed by atoms with E-state index in [1.54, 1.807) is 0 Å². The monoisotopic (exact) mass is 238 g/mol. The number of nitrogens with zero attached hydrogens (tertiary/aromatic N) is 1. The predicted molar refractivity (Wildman–Crippen MR) is 69.4 cm³/mol. The third-order valence-electron chi connectivity index (χ3n) is 4.91. The third-order valence-corrected chi connectivity index (χ3v) is 4.91. The minimum atomic E-state index is 0.193. The number of nitrogens with two attached hydrogens (primary N) is 1. The molecule has 5 atom stereocenters. The Hall–Kier alpha value is -0.570. The van der Waals surface area contributed by atoms with Gasteiger partial charge < -0.3 is 10.6 Å². The van der Waals surface area contributed by atoms with Gasteiger partial charge in [-0.15, -0.1) is 0 Å². The number of rotatable bonds is 1. The number of hydrogen-bond acceptors (Lipinski definition) is 2. The third kappa shape index (κ3) is 2.65. The molecule has 0 spiro atoms. The molecule has 98 valence electrons. The van der Waals surface area contributed by atoms with E-state index in [9.17, 15) is 4.79 Å². The molecular formula is C14H26N2O. The van der Waals surface area contributed by atoms with Gasteiger partial charge in [0.25, 0.3) is 0 Å². The van der Waals surface area contributed by atoms with Gasteiger partial charge in [0.15, 0.2) is 0 Å². The summed E-state index contributed by atoms with van der Waals surface area (Å²) in [5.74, 6) is 2.43. The molecule has 3 nitrogen and oxygen atoms in total. The first kappa shape index (κ1) is 12.9. The number of hydrogen-bond donors (Lipinski definition) is 1. The van der Waals surface area contributed by atoms with Gasteiger partial charge in [-0.05, 0) is 37.0 Å². The number of carbonyl (C=O) groups is 1. The summed E-state index contributed by atoms with van der Waals surface area (Å²) in [6.07, 6.45) is 3.03. The maximum absolute atomic E-state index is 12.4. The highest BCUT2D eigenvalue weighted by atomic mass is 16.2. The van der Waals surface area contributed by atoms with Crippen molar-refractivity contribution in [3.63, 3.8) is 0 Å². The zero-order valence-electron chi connectivity index (χ0n) is 11.4. The quantitative estimate of drug-likeness (QED) is 0.758. The Morgan fingerprint density at radius 3 is 2.18 bits per heavy atom. The Labute approximate surface area is 105 Å². The van der Waals surface area contributed by atoms with Gasteiger partial charge in [0.2, 0.25) is 5.91 Å². The standard InChI is InChI=1S/C14H26N2O/c1-9-4-5-12(6-13(9)15)14(17)16-7-10(2)11(3)8-16/h9-13H,4-8,15H2,1-3H3. The molecular weight excluding hydrogens is 212 g/mol. The molecule has 1 heterocycles. The van der Waals surface area contributed by atoms with Crippen LogP contribution in [0.2, 0.25) is 0 Å². The van der Waals surface area contributed by atoms with Gasteiger partial charge in [-0.3, -0.25) is 4.79 Å². The summed E-state index contributed by atoms with van der Waals surface area (Å²) in [4.78, 5) is 14.5. The molecule has 1 saturated heterocycles. The molecule has 1 aliphatic carbocycles. The topological polar surface area (TPSA) is 46.3 Å². The molecule has 2 rings (SSSR count). The summed E-state index contributed by atoms with van der Waals surface area (Å²) in [6.45, 7) is 8.58. The van der Waals surface area contributed by atoms with Crippen molar-refractivity contribution in [1.29, 1.82) is 0 Å². The molecule has 0 radical (unpaired) electrons. The second kappa shape index (κ2) is 4.97. The molecule has 0 aromatic heterocycles. The van der Waals surface area contributed by atoms with Crippen molar-refractivity contribution < 1.29 is 4.79 Å². The molecule has 0 aromatic rings. The van der Waals surface area contributed by atoms with Crippen LogP contribution in [0.1, 0.15) is 40.0 Å². The van der Waals surface area contributed by atoms with Crippen LogP contribution in [0.5, 0.6) is 0 Å². The van der Waals surface area contributed by atoms with Crippen molar-refractivity contribution in [3.05, 3.63) is 0 Å². The van der Waals surface area contributed by atoms with Crippen LogP contribution in [0, 0.1) is 23.7 Å². The summed E-state index contributed by atoms with van der Waals surface area (Å²) < 4.78 is 0. The van der Waals surface area contributed by atoms with Crippen molar-refractivity contribution >= 4 is 5.91 Å². The maximum atomic E-state index is 12.4. The average Bonchev–Trinajstić information content (AvgIpc) is 2.62. The van der Waals surface area contributed by atoms with E-state index in [2.05, 4.69) is 25.7 Å². The van der Waals surface area contributed by atoms with E-state index < -0.39 is 0 Å². The van der Waals surface area contributed by atoms with Gasteiger partial charge >= 0.3 is 0 Å². The smallest absolute Gasteiger partial charge is 0.225 e. The normalized spacial score (nSPS) is 42.8. The summed E-state index contributed by atoms with van der Waals surface area (Å²) in [5, 5.41) is 0. The molecule has 0 bridgehead atoms. The molecule has 2 fully saturated rings. The van der Waals surface area contributed by atoms with E-state index in [-0.39, 0.29) is 12.0 Å². The minimum Gasteiger partial charge on any atom is -0.342 e. The van der Waals surface area contributed by atoms with Crippen LogP contribution in [0.25, 0.3) is 0 Å². The predicted octanol–water partition coefficient (Wildman–Crippen LogP) is 1.86. The van der Waals surface area contributed by atoms with E-state index in [1.165, 1.54) is 0 Å². The number of carbonyl (C=O) groups excluding carboxylic acids is 1. The van der Waals surface area contributed by atoms with E-state index in [0.29, 0.717) is 23.7 Å². The van der Waals surface area contributed by atoms with Gasteiger partial charge in [0.05, 0.1) is 0 Å². The first-order valence-corrected chi connectivity index (χ1v) is 7.03. The van der Waals surface area contributed by atoms with Crippen LogP contribution in [0.4, 0.5) is 0 Å². The fourth-order valence-electron chi connectivity index (χ4n) is 3.15. The minimum absolute atomic E-state index is 0.193. The van der Waals surface area contributed by atoms with Crippen LogP contribution >= 0.6 is 0 Å². The highest BCUT2D eigenvalue weighted by Crippen LogP contribution is 2.31. The van der Waals surface area contributed by atoms with Crippen LogP contribution in [0.3, 0.4) is 0 Å². The number of likely N-dealkylation sites (tertiary alicyclic amines) is 1. The fraction of sp³-hybridized carbons (Fsp3) is 0.929. The van der Waals surface area contributed by atoms with Gasteiger partial charge in [-0.2, -0.15) is 0 Å². The highest BCUT2D eigenvalue weighted by Gasteiger charge is 2.36. The second-order valence-corrected chi connectivity index (χ2v) is 6.35. The number of amides is 1. The van der Waals surface area contributed by atoms with E-state index in [0.717, 1.165) is 32.4 Å². The molecule has 3 heteroatoms. The largest absolute Gasteiger partial charge is 0.342 e. The lowest BCUT2D eigenvalue weighted by Crippen LogP contribution is -2.42. The lowest BCUT2D eigenvalue weighted by atomic mass is 9.79. The molecule has 5 unspecified atom stereocenters. The Morgan fingerprint density at radius 1 is 1.06 bits per heavy atom. The SMILES string of the molecule is CC1CN(C(=O)C2CCC(C)C(N)C2)CC1C. The van der Waals surface area contributed by atoms with Crippen molar-refractivity contribution in [2.45, 2.75) is 46.1 Å². The zero-order chi connectivity index (χ0) is 12.6. The van der Waals surface area contributed by atoms with Crippen LogP contribution in [-0.4, -0.2) is 29.9 Å². The molecule has 2 aliphatic rings. The Kier molecular flexibility index (Phi) is 3.76. The molecule has 17 heavy (non-hydrogen) atoms. The fourth-order valence-corrected chi connectivity index (χ4v) is 3.15. The Balaban J connectivity index is 1.92. The van der Waals surface area contributed by atoms with Gasteiger partial charge in [0, 0.05) is 25.0 Å². The highest BCUT2D eigenvalue weighted by molar-refractivity contribution is 5.79. The van der Waals surface area contributed by atoms with Crippen LogP contribution < -0.4 is 5.73 Å². The first-order valence-electron chi connectivity index (χ1n) is 7.03. The summed E-state index contributed by atoms with van der Waals surface area (Å²) in [5.41, 5.74) is 6.09. The van der Waals surface area contributed by atoms with Crippen LogP contribution in [-0.2, 0) is 4.79 Å². The van der Waals surface area contributed by atoms with E-state index in [1.807, 2.05) is 0 Å².